The van der Waals surface area contributed by atoms with E-state index in [4.69, 9.17) is 5.11 Å². The zero-order valence-electron chi connectivity index (χ0n) is 4.89. The van der Waals surface area contributed by atoms with Crippen LogP contribution < -0.4 is 5.32 Å². The Bertz CT molecular complexity index is 92.4. The largest absolute Gasteiger partial charge is 0.393 e. The van der Waals surface area contributed by atoms with Gasteiger partial charge in [0.2, 0.25) is 0 Å². The minimum absolute atomic E-state index is 0.0486. The van der Waals surface area contributed by atoms with Crippen LogP contribution in [0.3, 0.4) is 0 Å². The Labute approximate surface area is 48.3 Å². The molecule has 0 aliphatic carbocycles. The van der Waals surface area contributed by atoms with Crippen molar-refractivity contribution in [2.45, 2.75) is 18.6 Å². The van der Waals surface area contributed by atoms with Gasteiger partial charge in [-0.05, 0) is 6.92 Å². The summed E-state index contributed by atoms with van der Waals surface area (Å²) in [4.78, 5) is 0. The molecule has 0 aromatic heterocycles. The molecule has 48 valence electrons. The molecule has 0 bridgehead atoms. The van der Waals surface area contributed by atoms with Crippen LogP contribution in [0.5, 0.6) is 0 Å². The summed E-state index contributed by atoms with van der Waals surface area (Å²) in [7, 11) is 0. The number of nitrogens with one attached hydrogen (secondary N) is 1. The van der Waals surface area contributed by atoms with Crippen molar-refractivity contribution in [3.8, 4) is 0 Å². The average Bonchev–Trinajstić information content (AvgIpc) is 1.83. The standard InChI is InChI=1S/C5H11NO2/c1-4-5(8,3-7)2-6-4/h4,6-8H,2-3H2,1H3/t4-,5?/m0/s1. The lowest BCUT2D eigenvalue weighted by atomic mass is 9.89. The summed E-state index contributed by atoms with van der Waals surface area (Å²) in [6, 6.07) is 0.0486. The van der Waals surface area contributed by atoms with Crippen molar-refractivity contribution >= 4 is 0 Å². The first-order valence-corrected chi connectivity index (χ1v) is 2.76. The third kappa shape index (κ3) is 0.632. The molecule has 1 rings (SSSR count). The molecule has 1 heterocycles. The summed E-state index contributed by atoms with van der Waals surface area (Å²) in [5.41, 5.74) is -0.833. The molecule has 0 spiro atoms. The minimum atomic E-state index is -0.833. The van der Waals surface area contributed by atoms with Gasteiger partial charge < -0.3 is 15.5 Å². The highest BCUT2D eigenvalue weighted by Gasteiger charge is 2.41. The zero-order valence-corrected chi connectivity index (χ0v) is 4.89. The molecule has 1 fully saturated rings. The molecule has 1 aliphatic rings. The lowest BCUT2D eigenvalue weighted by molar-refractivity contribution is -0.0876. The first-order valence-electron chi connectivity index (χ1n) is 2.76. The predicted molar refractivity (Wildman–Crippen MR) is 29.5 cm³/mol. The van der Waals surface area contributed by atoms with Gasteiger partial charge >= 0.3 is 0 Å². The van der Waals surface area contributed by atoms with Crippen LogP contribution in [0, 0.1) is 0 Å². The van der Waals surface area contributed by atoms with Crippen molar-refractivity contribution < 1.29 is 10.2 Å². The lowest BCUT2D eigenvalue weighted by Gasteiger charge is -2.43. The van der Waals surface area contributed by atoms with Gasteiger partial charge in [-0.25, -0.2) is 0 Å². The van der Waals surface area contributed by atoms with Gasteiger partial charge in [0.05, 0.1) is 6.61 Å². The van der Waals surface area contributed by atoms with Gasteiger partial charge in [0.25, 0.3) is 0 Å². The molecule has 3 N–H and O–H groups in total. The summed E-state index contributed by atoms with van der Waals surface area (Å²) >= 11 is 0. The third-order valence-corrected chi connectivity index (χ3v) is 1.79. The van der Waals surface area contributed by atoms with Gasteiger partial charge in [-0.15, -0.1) is 0 Å². The van der Waals surface area contributed by atoms with E-state index in [1.807, 2.05) is 6.92 Å². The van der Waals surface area contributed by atoms with E-state index in [1.165, 1.54) is 0 Å². The summed E-state index contributed by atoms with van der Waals surface area (Å²) in [5.74, 6) is 0. The second kappa shape index (κ2) is 1.69. The highest BCUT2D eigenvalue weighted by atomic mass is 16.3. The second-order valence-electron chi connectivity index (χ2n) is 2.36. The van der Waals surface area contributed by atoms with E-state index in [2.05, 4.69) is 5.32 Å². The quantitative estimate of drug-likeness (QED) is 0.400. The molecule has 1 aliphatic heterocycles. The maximum atomic E-state index is 9.17. The van der Waals surface area contributed by atoms with Gasteiger partial charge in [-0.3, -0.25) is 0 Å². The van der Waals surface area contributed by atoms with Crippen LogP contribution in [0.25, 0.3) is 0 Å². The van der Waals surface area contributed by atoms with E-state index < -0.39 is 5.60 Å². The van der Waals surface area contributed by atoms with Gasteiger partial charge in [0, 0.05) is 12.6 Å². The summed E-state index contributed by atoms with van der Waals surface area (Å²) < 4.78 is 0. The molecular formula is C5H11NO2. The number of β-amino-alcohol motifs (C(OH)–C–C–N with tert-alkyl or cyclic N) is 1. The molecule has 1 unspecified atom stereocenters. The van der Waals surface area contributed by atoms with Gasteiger partial charge in [0.1, 0.15) is 5.60 Å². The first-order chi connectivity index (χ1) is 3.69. The first kappa shape index (κ1) is 6.01. The fourth-order valence-corrected chi connectivity index (χ4v) is 0.735. The number of rotatable bonds is 1. The van der Waals surface area contributed by atoms with E-state index in [0.29, 0.717) is 6.54 Å². The van der Waals surface area contributed by atoms with Crippen LogP contribution in [0.2, 0.25) is 0 Å². The maximum absolute atomic E-state index is 9.17. The van der Waals surface area contributed by atoms with E-state index in [1.54, 1.807) is 0 Å². The van der Waals surface area contributed by atoms with E-state index in [9.17, 15) is 5.11 Å². The summed E-state index contributed by atoms with van der Waals surface area (Å²) in [6.07, 6.45) is 0. The fraction of sp³-hybridized carbons (Fsp3) is 1.00. The molecule has 0 amide bonds. The predicted octanol–water partition coefficient (Wildman–Crippen LogP) is -1.30. The molecule has 2 atom stereocenters. The average molecular weight is 117 g/mol. The molecule has 0 saturated carbocycles. The molecule has 0 aromatic carbocycles. The highest BCUT2D eigenvalue weighted by molar-refractivity contribution is 4.99. The Morgan fingerprint density at radius 2 is 2.50 bits per heavy atom. The van der Waals surface area contributed by atoms with Crippen molar-refractivity contribution in [3.63, 3.8) is 0 Å². The van der Waals surface area contributed by atoms with Crippen LogP contribution in [0.15, 0.2) is 0 Å². The lowest BCUT2D eigenvalue weighted by Crippen LogP contribution is -2.68. The molecule has 8 heavy (non-hydrogen) atoms. The molecule has 1 saturated heterocycles. The number of aliphatic hydroxyl groups is 2. The van der Waals surface area contributed by atoms with Crippen molar-refractivity contribution in [1.82, 2.24) is 5.32 Å². The fourth-order valence-electron chi connectivity index (χ4n) is 0.735. The van der Waals surface area contributed by atoms with Crippen molar-refractivity contribution in [1.29, 1.82) is 0 Å². The Kier molecular flexibility index (Phi) is 1.27. The van der Waals surface area contributed by atoms with Crippen molar-refractivity contribution in [2.24, 2.45) is 0 Å². The maximum Gasteiger partial charge on any atom is 0.115 e. The van der Waals surface area contributed by atoms with Crippen molar-refractivity contribution in [2.75, 3.05) is 13.2 Å². The van der Waals surface area contributed by atoms with Crippen LogP contribution in [0.1, 0.15) is 6.92 Å². The van der Waals surface area contributed by atoms with Crippen LogP contribution in [-0.2, 0) is 0 Å². The summed E-state index contributed by atoms with van der Waals surface area (Å²) in [5, 5.41) is 20.6. The highest BCUT2D eigenvalue weighted by Crippen LogP contribution is 2.16. The SMILES string of the molecule is C[C@@H]1NCC1(O)CO. The number of hydrogen-bond acceptors (Lipinski definition) is 3. The van der Waals surface area contributed by atoms with Gasteiger partial charge in [-0.1, -0.05) is 0 Å². The normalized spacial score (nSPS) is 46.1. The summed E-state index contributed by atoms with van der Waals surface area (Å²) in [6.45, 7) is 2.23. The second-order valence-corrected chi connectivity index (χ2v) is 2.36. The smallest absolute Gasteiger partial charge is 0.115 e. The number of aliphatic hydroxyl groups excluding tert-OH is 1. The minimum Gasteiger partial charge on any atom is -0.393 e. The third-order valence-electron chi connectivity index (χ3n) is 1.79. The van der Waals surface area contributed by atoms with Gasteiger partial charge in [-0.2, -0.15) is 0 Å². The zero-order chi connectivity index (χ0) is 6.20. The topological polar surface area (TPSA) is 52.5 Å². The Balaban J connectivity index is 2.42. The van der Waals surface area contributed by atoms with Crippen molar-refractivity contribution in [3.05, 3.63) is 0 Å². The van der Waals surface area contributed by atoms with Crippen LogP contribution >= 0.6 is 0 Å². The van der Waals surface area contributed by atoms with Crippen LogP contribution in [0.4, 0.5) is 0 Å². The number of hydrogen-bond donors (Lipinski definition) is 3. The Morgan fingerprint density at radius 1 is 1.88 bits per heavy atom. The molecule has 0 aromatic rings. The molecular weight excluding hydrogens is 106 g/mol. The molecule has 3 heteroatoms. The van der Waals surface area contributed by atoms with E-state index >= 15 is 0 Å². The monoisotopic (exact) mass is 117 g/mol. The van der Waals surface area contributed by atoms with E-state index in [0.717, 1.165) is 0 Å². The Hall–Kier alpha value is -0.120. The molecule has 0 radical (unpaired) electrons. The molecule has 3 nitrogen and oxygen atoms in total. The van der Waals surface area contributed by atoms with Gasteiger partial charge in [0.15, 0.2) is 0 Å². The van der Waals surface area contributed by atoms with Crippen LogP contribution in [-0.4, -0.2) is 35.0 Å². The Morgan fingerprint density at radius 3 is 2.50 bits per heavy atom. The van der Waals surface area contributed by atoms with E-state index in [-0.39, 0.29) is 12.6 Å².